The number of carbonyl (C=O) groups is 2. The number of carbonyl (C=O) groups excluding carboxylic acids is 1. The van der Waals surface area contributed by atoms with Gasteiger partial charge < -0.3 is 14.9 Å². The van der Waals surface area contributed by atoms with Gasteiger partial charge in [-0.1, -0.05) is 22.9 Å². The Kier molecular flexibility index (Phi) is 4.26. The molecule has 0 unspecified atom stereocenters. The van der Waals surface area contributed by atoms with Crippen molar-refractivity contribution in [1.29, 1.82) is 0 Å². The molecule has 104 valence electrons. The first-order chi connectivity index (χ1) is 8.99. The van der Waals surface area contributed by atoms with E-state index in [1.165, 1.54) is 0 Å². The molecule has 0 spiro atoms. The van der Waals surface area contributed by atoms with E-state index in [4.69, 9.17) is 16.7 Å². The Morgan fingerprint density at radius 2 is 2.11 bits per heavy atom. The number of thiazole rings is 1. The number of nitrogens with zero attached hydrogens (tertiary/aromatic N) is 3. The van der Waals surface area contributed by atoms with E-state index in [0.717, 1.165) is 37.3 Å². The van der Waals surface area contributed by atoms with Gasteiger partial charge in [-0.3, -0.25) is 4.79 Å². The Balaban J connectivity index is 2.03. The van der Waals surface area contributed by atoms with Crippen molar-refractivity contribution in [1.82, 2.24) is 9.88 Å². The number of rotatable bonds is 4. The molecule has 0 aromatic carbocycles. The minimum atomic E-state index is -1.10. The normalized spacial score (nSPS) is 14.7. The third-order valence-corrected chi connectivity index (χ3v) is 4.47. The Labute approximate surface area is 119 Å². The van der Waals surface area contributed by atoms with Crippen molar-refractivity contribution in [3.63, 3.8) is 0 Å². The largest absolute Gasteiger partial charge is 0.477 e. The van der Waals surface area contributed by atoms with Crippen molar-refractivity contribution >= 4 is 39.9 Å². The fourth-order valence-corrected chi connectivity index (χ4v) is 3.01. The topological polar surface area (TPSA) is 73.7 Å². The SMILES string of the molecule is CN(CC(=O)N1CCCC1)c1nc(Cl)c(C(=O)O)s1. The Morgan fingerprint density at radius 1 is 1.47 bits per heavy atom. The van der Waals surface area contributed by atoms with Crippen LogP contribution in [0, 0.1) is 0 Å². The molecule has 6 nitrogen and oxygen atoms in total. The molecule has 1 fully saturated rings. The second-order valence-electron chi connectivity index (χ2n) is 4.37. The second kappa shape index (κ2) is 5.75. The first-order valence-electron chi connectivity index (χ1n) is 5.87. The first kappa shape index (κ1) is 14.1. The maximum absolute atomic E-state index is 12.0. The summed E-state index contributed by atoms with van der Waals surface area (Å²) in [5.41, 5.74) is 0. The molecule has 1 saturated heterocycles. The molecule has 0 atom stereocenters. The molecule has 2 heterocycles. The molecule has 0 saturated carbocycles. The standard InChI is InChI=1S/C11H14ClN3O3S/c1-14(6-7(16)15-4-2-3-5-15)11-13-9(12)8(19-11)10(17)18/h2-6H2,1H3,(H,17,18). The molecule has 8 heteroatoms. The zero-order valence-electron chi connectivity index (χ0n) is 10.4. The van der Waals surface area contributed by atoms with Crippen LogP contribution in [0.3, 0.4) is 0 Å². The summed E-state index contributed by atoms with van der Waals surface area (Å²) in [4.78, 5) is 30.3. The number of anilines is 1. The first-order valence-corrected chi connectivity index (χ1v) is 7.07. The van der Waals surface area contributed by atoms with Gasteiger partial charge in [-0.25, -0.2) is 9.78 Å². The third-order valence-electron chi connectivity index (χ3n) is 2.93. The molecular weight excluding hydrogens is 290 g/mol. The van der Waals surface area contributed by atoms with E-state index in [1.807, 2.05) is 4.90 Å². The highest BCUT2D eigenvalue weighted by Gasteiger charge is 2.22. The van der Waals surface area contributed by atoms with E-state index in [0.29, 0.717) is 5.13 Å². The lowest BCUT2D eigenvalue weighted by Crippen LogP contribution is -2.37. The van der Waals surface area contributed by atoms with Crippen molar-refractivity contribution in [2.75, 3.05) is 31.6 Å². The number of carboxylic acid groups (broad SMARTS) is 1. The fourth-order valence-electron chi connectivity index (χ4n) is 1.92. The minimum absolute atomic E-state index is 0.00265. The predicted octanol–water partition coefficient (Wildman–Crippen LogP) is 1.55. The van der Waals surface area contributed by atoms with Crippen LogP contribution in [0.2, 0.25) is 5.15 Å². The number of likely N-dealkylation sites (N-methyl/N-ethyl adjacent to an activating group) is 1. The lowest BCUT2D eigenvalue weighted by molar-refractivity contribution is -0.128. The lowest BCUT2D eigenvalue weighted by Gasteiger charge is -2.20. The molecule has 1 amide bonds. The van der Waals surface area contributed by atoms with Crippen LogP contribution in [0.4, 0.5) is 5.13 Å². The number of aromatic carboxylic acids is 1. The molecule has 2 rings (SSSR count). The zero-order chi connectivity index (χ0) is 14.0. The van der Waals surface area contributed by atoms with Gasteiger partial charge in [0, 0.05) is 20.1 Å². The molecule has 0 radical (unpaired) electrons. The summed E-state index contributed by atoms with van der Waals surface area (Å²) in [6, 6.07) is 0. The fraction of sp³-hybridized carbons (Fsp3) is 0.545. The summed E-state index contributed by atoms with van der Waals surface area (Å²) in [6.45, 7) is 1.78. The summed E-state index contributed by atoms with van der Waals surface area (Å²) in [5.74, 6) is -1.07. The van der Waals surface area contributed by atoms with Crippen LogP contribution < -0.4 is 4.90 Å². The van der Waals surface area contributed by atoms with E-state index in [-0.39, 0.29) is 22.5 Å². The number of likely N-dealkylation sites (tertiary alicyclic amines) is 1. The maximum Gasteiger partial charge on any atom is 0.349 e. The quantitative estimate of drug-likeness (QED) is 0.913. The van der Waals surface area contributed by atoms with Crippen LogP contribution in [0.15, 0.2) is 0 Å². The molecule has 1 aromatic rings. The van der Waals surface area contributed by atoms with Crippen LogP contribution in [0.1, 0.15) is 22.5 Å². The molecule has 1 aliphatic heterocycles. The van der Waals surface area contributed by atoms with Crippen molar-refractivity contribution in [3.8, 4) is 0 Å². The number of hydrogen-bond acceptors (Lipinski definition) is 5. The van der Waals surface area contributed by atoms with E-state index in [1.54, 1.807) is 11.9 Å². The number of halogens is 1. The highest BCUT2D eigenvalue weighted by molar-refractivity contribution is 7.18. The van der Waals surface area contributed by atoms with Crippen LogP contribution in [0.5, 0.6) is 0 Å². The van der Waals surface area contributed by atoms with Gasteiger partial charge in [-0.05, 0) is 12.8 Å². The van der Waals surface area contributed by atoms with Crippen LogP contribution >= 0.6 is 22.9 Å². The summed E-state index contributed by atoms with van der Waals surface area (Å²) in [7, 11) is 1.70. The highest BCUT2D eigenvalue weighted by atomic mass is 35.5. The van der Waals surface area contributed by atoms with Gasteiger partial charge in [-0.15, -0.1) is 0 Å². The summed E-state index contributed by atoms with van der Waals surface area (Å²) in [6.07, 6.45) is 2.09. The van der Waals surface area contributed by atoms with Crippen molar-refractivity contribution in [2.45, 2.75) is 12.8 Å². The smallest absolute Gasteiger partial charge is 0.349 e. The van der Waals surface area contributed by atoms with Gasteiger partial charge in [0.15, 0.2) is 15.2 Å². The summed E-state index contributed by atoms with van der Waals surface area (Å²) < 4.78 is 0. The Bertz CT molecular complexity index is 499. The van der Waals surface area contributed by atoms with Gasteiger partial charge in [0.05, 0.1) is 6.54 Å². The Morgan fingerprint density at radius 3 is 2.63 bits per heavy atom. The number of amides is 1. The monoisotopic (exact) mass is 303 g/mol. The van der Waals surface area contributed by atoms with Crippen molar-refractivity contribution < 1.29 is 14.7 Å². The second-order valence-corrected chi connectivity index (χ2v) is 5.70. The number of carboxylic acids is 1. The average molecular weight is 304 g/mol. The van der Waals surface area contributed by atoms with Gasteiger partial charge in [0.25, 0.3) is 0 Å². The molecule has 0 bridgehead atoms. The van der Waals surface area contributed by atoms with Gasteiger partial charge >= 0.3 is 5.97 Å². The molecule has 0 aliphatic carbocycles. The maximum atomic E-state index is 12.0. The third kappa shape index (κ3) is 3.16. The van der Waals surface area contributed by atoms with Gasteiger partial charge in [0.2, 0.25) is 5.91 Å². The minimum Gasteiger partial charge on any atom is -0.477 e. The zero-order valence-corrected chi connectivity index (χ0v) is 12.0. The van der Waals surface area contributed by atoms with Crippen molar-refractivity contribution in [2.24, 2.45) is 0 Å². The summed E-state index contributed by atoms with van der Waals surface area (Å²) in [5, 5.41) is 9.31. The summed E-state index contributed by atoms with van der Waals surface area (Å²) >= 11 is 6.72. The molecule has 19 heavy (non-hydrogen) atoms. The lowest BCUT2D eigenvalue weighted by atomic mass is 10.4. The van der Waals surface area contributed by atoms with E-state index >= 15 is 0 Å². The average Bonchev–Trinajstić information content (AvgIpc) is 2.96. The highest BCUT2D eigenvalue weighted by Crippen LogP contribution is 2.29. The van der Waals surface area contributed by atoms with E-state index in [9.17, 15) is 9.59 Å². The molecule has 1 aliphatic rings. The number of hydrogen-bond donors (Lipinski definition) is 1. The molecular formula is C11H14ClN3O3S. The predicted molar refractivity (Wildman–Crippen MR) is 73.2 cm³/mol. The van der Waals surface area contributed by atoms with Crippen LogP contribution in [-0.2, 0) is 4.79 Å². The van der Waals surface area contributed by atoms with Gasteiger partial charge in [0.1, 0.15) is 0 Å². The van der Waals surface area contributed by atoms with Crippen LogP contribution in [0.25, 0.3) is 0 Å². The Hall–Kier alpha value is -1.34. The molecule has 1 N–H and O–H groups in total. The molecule has 1 aromatic heterocycles. The van der Waals surface area contributed by atoms with Crippen LogP contribution in [-0.4, -0.2) is 53.5 Å². The van der Waals surface area contributed by atoms with Crippen molar-refractivity contribution in [3.05, 3.63) is 10.0 Å². The van der Waals surface area contributed by atoms with E-state index < -0.39 is 5.97 Å². The van der Waals surface area contributed by atoms with E-state index in [2.05, 4.69) is 4.98 Å². The van der Waals surface area contributed by atoms with Gasteiger partial charge in [-0.2, -0.15) is 0 Å². The number of aromatic nitrogens is 1.